The molecule has 0 atom stereocenters. The first kappa shape index (κ1) is 18.4. The summed E-state index contributed by atoms with van der Waals surface area (Å²) in [5, 5.41) is 8.93. The maximum atomic E-state index is 6.23. The number of hydrogen-bond donors (Lipinski definition) is 0. The molecule has 1 aliphatic rings. The van der Waals surface area contributed by atoms with Crippen LogP contribution in [0.25, 0.3) is 11.4 Å². The summed E-state index contributed by atoms with van der Waals surface area (Å²) in [6.07, 6.45) is 5.92. The third-order valence-electron chi connectivity index (χ3n) is 4.68. The lowest BCUT2D eigenvalue weighted by Crippen LogP contribution is -2.06. The number of pyridine rings is 1. The Morgan fingerprint density at radius 1 is 1.07 bits per heavy atom. The van der Waals surface area contributed by atoms with Crippen molar-refractivity contribution < 1.29 is 4.74 Å². The quantitative estimate of drug-likeness (QED) is 0.411. The third kappa shape index (κ3) is 3.31. The molecule has 7 nitrogen and oxygen atoms in total. The van der Waals surface area contributed by atoms with E-state index in [2.05, 4.69) is 32.1 Å². The average Bonchev–Trinajstić information content (AvgIpc) is 3.32. The predicted octanol–water partition coefficient (Wildman–Crippen LogP) is 3.59. The summed E-state index contributed by atoms with van der Waals surface area (Å²) in [5.41, 5.74) is 5.19. The van der Waals surface area contributed by atoms with Gasteiger partial charge in [-0.05, 0) is 44.0 Å². The number of ether oxygens (including phenoxy) is 1. The van der Waals surface area contributed by atoms with E-state index in [-0.39, 0.29) is 6.10 Å². The van der Waals surface area contributed by atoms with Crippen LogP contribution in [0.3, 0.4) is 0 Å². The van der Waals surface area contributed by atoms with E-state index in [1.165, 1.54) is 0 Å². The number of fused-ring (bicyclic) bond motifs is 5. The van der Waals surface area contributed by atoms with Crippen LogP contribution in [-0.2, 0) is 6.42 Å². The van der Waals surface area contributed by atoms with Gasteiger partial charge in [-0.1, -0.05) is 22.7 Å². The second kappa shape index (κ2) is 7.32. The largest absolute Gasteiger partial charge is 0.475 e. The molecule has 0 amide bonds. The zero-order valence-electron chi connectivity index (χ0n) is 16.4. The number of hydrogen-bond acceptors (Lipinski definition) is 5. The first-order valence-corrected chi connectivity index (χ1v) is 9.87. The summed E-state index contributed by atoms with van der Waals surface area (Å²) in [5.74, 6) is 6.91. The van der Waals surface area contributed by atoms with Gasteiger partial charge in [-0.2, -0.15) is 0 Å². The fourth-order valence-electron chi connectivity index (χ4n) is 3.37. The summed E-state index contributed by atoms with van der Waals surface area (Å²) in [4.78, 5) is 8.85. The van der Waals surface area contributed by atoms with Gasteiger partial charge in [-0.25, -0.2) is 14.6 Å². The molecular formula is C22H17ClN6O. The molecule has 0 radical (unpaired) electrons. The maximum absolute atomic E-state index is 6.23. The fourth-order valence-corrected chi connectivity index (χ4v) is 3.54. The van der Waals surface area contributed by atoms with E-state index in [1.807, 2.05) is 53.4 Å². The number of halogens is 1. The van der Waals surface area contributed by atoms with Gasteiger partial charge in [-0.3, -0.25) is 4.57 Å². The van der Waals surface area contributed by atoms with Crippen LogP contribution in [0.15, 0.2) is 49.1 Å². The SMILES string of the molecule is CC(C)Oc1ccc(C#Cc2ncn3c2Cc2cnnn2-c2cc(Cl)ccc2-3)cn1. The molecule has 0 N–H and O–H groups in total. The molecule has 148 valence electrons. The summed E-state index contributed by atoms with van der Waals surface area (Å²) >= 11 is 6.23. The van der Waals surface area contributed by atoms with Crippen molar-refractivity contribution in [1.82, 2.24) is 29.5 Å². The van der Waals surface area contributed by atoms with Crippen LogP contribution in [-0.4, -0.2) is 35.6 Å². The minimum atomic E-state index is 0.0797. The van der Waals surface area contributed by atoms with E-state index in [0.29, 0.717) is 23.0 Å². The zero-order valence-corrected chi connectivity index (χ0v) is 17.1. The van der Waals surface area contributed by atoms with Gasteiger partial charge in [0, 0.05) is 29.3 Å². The van der Waals surface area contributed by atoms with Crippen LogP contribution in [0, 0.1) is 11.8 Å². The molecule has 0 fully saturated rings. The monoisotopic (exact) mass is 416 g/mol. The van der Waals surface area contributed by atoms with Gasteiger partial charge in [0.1, 0.15) is 12.0 Å². The first-order valence-electron chi connectivity index (χ1n) is 9.49. The van der Waals surface area contributed by atoms with Crippen LogP contribution in [0.5, 0.6) is 5.88 Å². The Labute approximate surface area is 178 Å². The Kier molecular flexibility index (Phi) is 4.49. The Balaban J connectivity index is 1.54. The highest BCUT2D eigenvalue weighted by Crippen LogP contribution is 2.30. The third-order valence-corrected chi connectivity index (χ3v) is 4.91. The van der Waals surface area contributed by atoms with E-state index < -0.39 is 0 Å². The standard InChI is InChI=1S/C22H17ClN6O/c1-14(2)30-22-8-4-15(11-24-22)3-6-18-20-10-17-12-26-27-29(17)21-9-16(23)5-7-19(21)28(20)13-25-18/h4-5,7-9,11-14H,10H2,1-2H3. The molecule has 30 heavy (non-hydrogen) atoms. The summed E-state index contributed by atoms with van der Waals surface area (Å²) in [6, 6.07) is 9.39. The Hall–Kier alpha value is -3.63. The molecule has 4 aromatic rings. The predicted molar refractivity (Wildman–Crippen MR) is 112 cm³/mol. The first-order chi connectivity index (χ1) is 14.6. The van der Waals surface area contributed by atoms with Crippen molar-refractivity contribution >= 4 is 11.6 Å². The molecule has 0 saturated heterocycles. The van der Waals surface area contributed by atoms with E-state index in [4.69, 9.17) is 16.3 Å². The van der Waals surface area contributed by atoms with Gasteiger partial charge in [0.15, 0.2) is 0 Å². The van der Waals surface area contributed by atoms with Crippen molar-refractivity contribution in [2.24, 2.45) is 0 Å². The molecular weight excluding hydrogens is 400 g/mol. The van der Waals surface area contributed by atoms with Crippen molar-refractivity contribution in [3.8, 4) is 29.1 Å². The Morgan fingerprint density at radius 3 is 2.77 bits per heavy atom. The lowest BCUT2D eigenvalue weighted by atomic mass is 10.2. The number of nitrogens with zero attached hydrogens (tertiary/aromatic N) is 6. The number of benzene rings is 1. The molecule has 3 aromatic heterocycles. The van der Waals surface area contributed by atoms with E-state index in [1.54, 1.807) is 18.7 Å². The fraction of sp³-hybridized carbons (Fsp3) is 0.182. The van der Waals surface area contributed by atoms with Crippen LogP contribution in [0.2, 0.25) is 5.02 Å². The molecule has 5 rings (SSSR count). The highest BCUT2D eigenvalue weighted by molar-refractivity contribution is 6.30. The van der Waals surface area contributed by atoms with Gasteiger partial charge in [0.25, 0.3) is 0 Å². The van der Waals surface area contributed by atoms with Crippen LogP contribution in [0.4, 0.5) is 0 Å². The summed E-state index contributed by atoms with van der Waals surface area (Å²) < 4.78 is 9.41. The van der Waals surface area contributed by atoms with Crippen molar-refractivity contribution in [2.45, 2.75) is 26.4 Å². The van der Waals surface area contributed by atoms with Crippen molar-refractivity contribution in [2.75, 3.05) is 0 Å². The number of imidazole rings is 1. The smallest absolute Gasteiger partial charge is 0.213 e. The minimum absolute atomic E-state index is 0.0797. The molecule has 0 saturated carbocycles. The molecule has 0 spiro atoms. The molecule has 8 heteroatoms. The van der Waals surface area contributed by atoms with E-state index in [9.17, 15) is 0 Å². The van der Waals surface area contributed by atoms with E-state index >= 15 is 0 Å². The lowest BCUT2D eigenvalue weighted by Gasteiger charge is -2.09. The van der Waals surface area contributed by atoms with Gasteiger partial charge in [0.05, 0.1) is 35.1 Å². The van der Waals surface area contributed by atoms with Gasteiger partial charge in [0.2, 0.25) is 5.88 Å². The molecule has 4 heterocycles. The average molecular weight is 417 g/mol. The summed E-state index contributed by atoms with van der Waals surface area (Å²) in [7, 11) is 0. The van der Waals surface area contributed by atoms with E-state index in [0.717, 1.165) is 28.3 Å². The molecule has 0 unspecified atom stereocenters. The normalized spacial score (nSPS) is 11.7. The van der Waals surface area contributed by atoms with Gasteiger partial charge in [-0.15, -0.1) is 5.10 Å². The van der Waals surface area contributed by atoms with Crippen molar-refractivity contribution in [3.05, 3.63) is 76.7 Å². The minimum Gasteiger partial charge on any atom is -0.475 e. The highest BCUT2D eigenvalue weighted by Gasteiger charge is 2.22. The maximum Gasteiger partial charge on any atom is 0.213 e. The molecule has 1 aliphatic heterocycles. The highest BCUT2D eigenvalue weighted by atomic mass is 35.5. The zero-order chi connectivity index (χ0) is 20.7. The van der Waals surface area contributed by atoms with Crippen LogP contribution < -0.4 is 4.74 Å². The second-order valence-corrected chi connectivity index (χ2v) is 7.59. The van der Waals surface area contributed by atoms with Crippen molar-refractivity contribution in [3.63, 3.8) is 0 Å². The van der Waals surface area contributed by atoms with Crippen LogP contribution in [0.1, 0.15) is 36.5 Å². The molecule has 0 bridgehead atoms. The molecule has 0 aliphatic carbocycles. The second-order valence-electron chi connectivity index (χ2n) is 7.16. The van der Waals surface area contributed by atoms with Gasteiger partial charge >= 0.3 is 0 Å². The molecule has 1 aromatic carbocycles. The Morgan fingerprint density at radius 2 is 1.97 bits per heavy atom. The van der Waals surface area contributed by atoms with Crippen LogP contribution >= 0.6 is 11.6 Å². The Bertz CT molecular complexity index is 1290. The lowest BCUT2D eigenvalue weighted by molar-refractivity contribution is 0.232. The number of aromatic nitrogens is 6. The van der Waals surface area contributed by atoms with Crippen molar-refractivity contribution in [1.29, 1.82) is 0 Å². The number of rotatable bonds is 2. The summed E-state index contributed by atoms with van der Waals surface area (Å²) in [6.45, 7) is 3.93. The van der Waals surface area contributed by atoms with Gasteiger partial charge < -0.3 is 4.74 Å². The topological polar surface area (TPSA) is 70.7 Å².